The number of amides is 1. The molecule has 4 heterocycles. The van der Waals surface area contributed by atoms with Crippen LogP contribution in [0.15, 0.2) is 59.4 Å². The number of carbonyl (C=O) groups excluding carboxylic acids is 1. The van der Waals surface area contributed by atoms with Gasteiger partial charge < -0.3 is 18.9 Å². The molecule has 2 aliphatic rings. The number of rotatable bonds is 6. The van der Waals surface area contributed by atoms with E-state index >= 15 is 0 Å². The third kappa shape index (κ3) is 5.22. The molecule has 1 aromatic carbocycles. The van der Waals surface area contributed by atoms with Crippen molar-refractivity contribution in [2.75, 3.05) is 26.3 Å². The van der Waals surface area contributed by atoms with Crippen LogP contribution in [-0.4, -0.2) is 57.8 Å². The lowest BCUT2D eigenvalue weighted by Gasteiger charge is -2.46. The Balaban J connectivity index is 1.13. The number of pyridine rings is 1. The first-order chi connectivity index (χ1) is 16.2. The number of hydrogen-bond donors (Lipinski definition) is 0. The number of ether oxygens (including phenoxy) is 2. The summed E-state index contributed by atoms with van der Waals surface area (Å²) in [6, 6.07) is 13.2. The van der Waals surface area contributed by atoms with Gasteiger partial charge in [-0.05, 0) is 55.9 Å². The maximum absolute atomic E-state index is 12.6. The van der Waals surface area contributed by atoms with Gasteiger partial charge in [0.05, 0.1) is 5.60 Å². The summed E-state index contributed by atoms with van der Waals surface area (Å²) >= 11 is 0. The van der Waals surface area contributed by atoms with Crippen molar-refractivity contribution in [3.63, 3.8) is 0 Å². The van der Waals surface area contributed by atoms with Crippen LogP contribution in [0.4, 0.5) is 0 Å². The Hall–Kier alpha value is -3.26. The van der Waals surface area contributed by atoms with Crippen molar-refractivity contribution in [2.45, 2.75) is 37.7 Å². The van der Waals surface area contributed by atoms with E-state index in [4.69, 9.17) is 14.0 Å². The van der Waals surface area contributed by atoms with Crippen molar-refractivity contribution in [1.82, 2.24) is 20.0 Å². The summed E-state index contributed by atoms with van der Waals surface area (Å²) in [5, 5.41) is 4.11. The van der Waals surface area contributed by atoms with Crippen LogP contribution in [0.3, 0.4) is 0 Å². The van der Waals surface area contributed by atoms with Gasteiger partial charge in [-0.1, -0.05) is 23.4 Å². The van der Waals surface area contributed by atoms with Crippen LogP contribution < -0.4 is 4.74 Å². The van der Waals surface area contributed by atoms with E-state index in [2.05, 4.69) is 15.1 Å². The summed E-state index contributed by atoms with van der Waals surface area (Å²) in [5.41, 5.74) is 0.677. The quantitative estimate of drug-likeness (QED) is 0.570. The topological polar surface area (TPSA) is 90.6 Å². The Morgan fingerprint density at radius 3 is 2.79 bits per heavy atom. The second-order valence-electron chi connectivity index (χ2n) is 8.83. The van der Waals surface area contributed by atoms with Crippen molar-refractivity contribution in [3.05, 3.63) is 60.7 Å². The average molecular weight is 449 g/mol. The Labute approximate surface area is 192 Å². The molecule has 2 fully saturated rings. The molecule has 0 aliphatic carbocycles. The minimum atomic E-state index is -0.174. The molecule has 3 aromatic rings. The molecular formula is C25H28N4O4. The van der Waals surface area contributed by atoms with Gasteiger partial charge in [0.15, 0.2) is 6.61 Å². The van der Waals surface area contributed by atoms with Crippen molar-refractivity contribution >= 4 is 5.91 Å². The lowest BCUT2D eigenvalue weighted by atomic mass is 9.78. The van der Waals surface area contributed by atoms with Crippen LogP contribution >= 0.6 is 0 Å². The molecule has 1 atom stereocenters. The molecule has 0 saturated carbocycles. The highest BCUT2D eigenvalue weighted by Crippen LogP contribution is 2.38. The molecule has 8 heteroatoms. The maximum Gasteiger partial charge on any atom is 0.260 e. The van der Waals surface area contributed by atoms with Crippen LogP contribution in [0, 0.1) is 5.92 Å². The largest absolute Gasteiger partial charge is 0.484 e. The molecule has 33 heavy (non-hydrogen) atoms. The zero-order valence-corrected chi connectivity index (χ0v) is 18.6. The summed E-state index contributed by atoms with van der Waals surface area (Å²) in [5.74, 6) is 2.39. The average Bonchev–Trinajstić information content (AvgIpc) is 3.33. The van der Waals surface area contributed by atoms with Gasteiger partial charge in [0, 0.05) is 44.1 Å². The number of benzene rings is 1. The Bertz CT molecular complexity index is 1050. The molecule has 2 aromatic heterocycles. The fraction of sp³-hybridized carbons (Fsp3) is 0.440. The molecule has 1 unspecified atom stereocenters. The standard InChI is InChI=1S/C25H28N4O4/c30-23(18-31-21-6-2-1-3-7-21)29-12-9-25(10-13-29)16-19(8-14-32-25)15-22-27-24(28-33-22)20-5-4-11-26-17-20/h1-7,11,17,19H,8-10,12-16,18H2. The van der Waals surface area contributed by atoms with Crippen molar-refractivity contribution in [2.24, 2.45) is 5.92 Å². The van der Waals surface area contributed by atoms with Gasteiger partial charge in [-0.25, -0.2) is 0 Å². The van der Waals surface area contributed by atoms with Gasteiger partial charge in [0.2, 0.25) is 11.7 Å². The summed E-state index contributed by atoms with van der Waals surface area (Å²) < 4.78 is 17.4. The highest BCUT2D eigenvalue weighted by molar-refractivity contribution is 5.77. The number of piperidine rings is 1. The monoisotopic (exact) mass is 448 g/mol. The predicted molar refractivity (Wildman–Crippen MR) is 120 cm³/mol. The predicted octanol–water partition coefficient (Wildman–Crippen LogP) is 3.54. The van der Waals surface area contributed by atoms with Crippen molar-refractivity contribution in [3.8, 4) is 17.1 Å². The Kier molecular flexibility index (Phi) is 6.35. The van der Waals surface area contributed by atoms with Crippen LogP contribution in [0.2, 0.25) is 0 Å². The minimum Gasteiger partial charge on any atom is -0.484 e. The highest BCUT2D eigenvalue weighted by Gasteiger charge is 2.41. The molecule has 172 valence electrons. The zero-order valence-electron chi connectivity index (χ0n) is 18.6. The second-order valence-corrected chi connectivity index (χ2v) is 8.83. The molecule has 5 rings (SSSR count). The van der Waals surface area contributed by atoms with E-state index in [1.54, 1.807) is 12.4 Å². The number of hydrogen-bond acceptors (Lipinski definition) is 7. The number of likely N-dealkylation sites (tertiary alicyclic amines) is 1. The first-order valence-electron chi connectivity index (χ1n) is 11.5. The van der Waals surface area contributed by atoms with Gasteiger partial charge in [-0.15, -0.1) is 0 Å². The van der Waals surface area contributed by atoms with E-state index in [-0.39, 0.29) is 18.1 Å². The number of carbonyl (C=O) groups is 1. The van der Waals surface area contributed by atoms with Crippen molar-refractivity contribution < 1.29 is 18.8 Å². The van der Waals surface area contributed by atoms with E-state index in [1.165, 1.54) is 0 Å². The first-order valence-corrected chi connectivity index (χ1v) is 11.5. The number of aromatic nitrogens is 3. The molecule has 2 saturated heterocycles. The van der Waals surface area contributed by atoms with Crippen LogP contribution in [0.25, 0.3) is 11.4 Å². The van der Waals surface area contributed by atoms with E-state index in [1.807, 2.05) is 47.4 Å². The van der Waals surface area contributed by atoms with Gasteiger partial charge in [0.1, 0.15) is 5.75 Å². The fourth-order valence-corrected chi connectivity index (χ4v) is 4.77. The summed E-state index contributed by atoms with van der Waals surface area (Å²) in [6.45, 7) is 2.17. The molecule has 0 N–H and O–H groups in total. The summed E-state index contributed by atoms with van der Waals surface area (Å²) in [6.07, 6.45) is 7.79. The highest BCUT2D eigenvalue weighted by atomic mass is 16.5. The molecule has 8 nitrogen and oxygen atoms in total. The number of para-hydroxylation sites is 1. The molecule has 2 aliphatic heterocycles. The molecule has 1 spiro atoms. The lowest BCUT2D eigenvalue weighted by molar-refractivity contribution is -0.148. The first kappa shape index (κ1) is 21.6. The normalized spacial score (nSPS) is 20.0. The van der Waals surface area contributed by atoms with Crippen LogP contribution in [0.5, 0.6) is 5.75 Å². The summed E-state index contributed by atoms with van der Waals surface area (Å²) in [4.78, 5) is 23.2. The Morgan fingerprint density at radius 2 is 2.00 bits per heavy atom. The van der Waals surface area contributed by atoms with Gasteiger partial charge in [-0.2, -0.15) is 4.98 Å². The minimum absolute atomic E-state index is 0.0230. The molecular weight excluding hydrogens is 420 g/mol. The fourth-order valence-electron chi connectivity index (χ4n) is 4.77. The third-order valence-electron chi connectivity index (χ3n) is 6.58. The maximum atomic E-state index is 12.6. The van der Waals surface area contributed by atoms with Crippen molar-refractivity contribution in [1.29, 1.82) is 0 Å². The smallest absolute Gasteiger partial charge is 0.260 e. The third-order valence-corrected chi connectivity index (χ3v) is 6.58. The molecule has 0 bridgehead atoms. The zero-order chi connectivity index (χ0) is 22.5. The van der Waals surface area contributed by atoms with E-state index < -0.39 is 0 Å². The second kappa shape index (κ2) is 9.70. The van der Waals surface area contributed by atoms with Gasteiger partial charge in [-0.3, -0.25) is 9.78 Å². The lowest BCUT2D eigenvalue weighted by Crippen LogP contribution is -2.51. The number of nitrogens with zero attached hydrogens (tertiary/aromatic N) is 4. The Morgan fingerprint density at radius 1 is 1.15 bits per heavy atom. The molecule has 1 amide bonds. The van der Waals surface area contributed by atoms with E-state index in [0.717, 1.165) is 44.3 Å². The SMILES string of the molecule is O=C(COc1ccccc1)N1CCC2(CC1)CC(Cc1nc(-c3cccnc3)no1)CCO2. The van der Waals surface area contributed by atoms with Gasteiger partial charge in [0.25, 0.3) is 5.91 Å². The van der Waals surface area contributed by atoms with Crippen LogP contribution in [0.1, 0.15) is 31.6 Å². The van der Waals surface area contributed by atoms with E-state index in [9.17, 15) is 4.79 Å². The van der Waals surface area contributed by atoms with E-state index in [0.29, 0.717) is 36.5 Å². The van der Waals surface area contributed by atoms with Gasteiger partial charge >= 0.3 is 0 Å². The molecule has 0 radical (unpaired) electrons. The van der Waals surface area contributed by atoms with Crippen LogP contribution in [-0.2, 0) is 16.0 Å². The summed E-state index contributed by atoms with van der Waals surface area (Å²) in [7, 11) is 0.